The van der Waals surface area contributed by atoms with Crippen molar-refractivity contribution in [3.63, 3.8) is 0 Å². The van der Waals surface area contributed by atoms with Crippen molar-refractivity contribution >= 4 is 17.8 Å². The number of ether oxygens (including phenoxy) is 2. The van der Waals surface area contributed by atoms with Crippen LogP contribution in [-0.2, 0) is 25.6 Å². The highest BCUT2D eigenvalue weighted by Gasteiger charge is 2.53. The number of carbonyl (C=O) groups excluding carboxylic acids is 2. The minimum absolute atomic E-state index is 0.0586. The van der Waals surface area contributed by atoms with Crippen LogP contribution in [0.4, 0.5) is 4.39 Å². The predicted octanol–water partition coefficient (Wildman–Crippen LogP) is 3.46. The minimum atomic E-state index is -1.38. The van der Waals surface area contributed by atoms with Crippen molar-refractivity contribution in [1.29, 1.82) is 0 Å². The Morgan fingerprint density at radius 1 is 1.30 bits per heavy atom. The molecule has 1 aromatic heterocycles. The molecule has 0 bridgehead atoms. The van der Waals surface area contributed by atoms with Crippen molar-refractivity contribution < 1.29 is 38.1 Å². The molecule has 7 atom stereocenters. The van der Waals surface area contributed by atoms with Gasteiger partial charge in [-0.3, -0.25) is 9.59 Å². The maximum absolute atomic E-state index is 15.3. The molecule has 3 heterocycles. The monoisotopic (exact) mass is 524 g/mol. The number of carbonyl (C=O) groups is 2. The van der Waals surface area contributed by atoms with Crippen LogP contribution >= 0.6 is 0 Å². The first kappa shape index (κ1) is 29.4. The molecule has 3 rings (SSSR count). The van der Waals surface area contributed by atoms with Gasteiger partial charge in [0, 0.05) is 18.4 Å². The number of cyclic esters (lactones) is 1. The third kappa shape index (κ3) is 6.85. The Morgan fingerprint density at radius 3 is 2.62 bits per heavy atom. The van der Waals surface area contributed by atoms with Gasteiger partial charge in [0.15, 0.2) is 6.10 Å². The topological polar surface area (TPSA) is 148 Å². The molecule has 2 saturated heterocycles. The number of nitrogens with zero attached hydrogens (tertiary/aromatic N) is 1. The van der Waals surface area contributed by atoms with Gasteiger partial charge >= 0.3 is 5.97 Å². The van der Waals surface area contributed by atoms with Gasteiger partial charge in [-0.2, -0.15) is 0 Å². The highest BCUT2D eigenvalue weighted by atomic mass is 19.1. The SMILES string of the molecule is CC[C@H]1C(=O)C(C)(C)[C@@H](O)CC(=O)O[C@H](C(F)=Cc2coc(CN)n2)C[C@@H]2O[C@]2(C)CCC[C@H](C)[C@@H]1O. The van der Waals surface area contributed by atoms with Crippen LogP contribution in [0.5, 0.6) is 0 Å². The van der Waals surface area contributed by atoms with Crippen LogP contribution in [0.1, 0.15) is 84.7 Å². The first-order valence-electron chi connectivity index (χ1n) is 13.1. The van der Waals surface area contributed by atoms with E-state index in [1.54, 1.807) is 13.8 Å². The Bertz CT molecular complexity index is 993. The van der Waals surface area contributed by atoms with Crippen LogP contribution in [0.2, 0.25) is 0 Å². The molecule has 10 heteroatoms. The van der Waals surface area contributed by atoms with Gasteiger partial charge in [0.25, 0.3) is 0 Å². The van der Waals surface area contributed by atoms with Crippen molar-refractivity contribution in [1.82, 2.24) is 4.98 Å². The lowest BCUT2D eigenvalue weighted by Gasteiger charge is -2.35. The zero-order valence-electron chi connectivity index (χ0n) is 22.4. The Balaban J connectivity index is 1.87. The van der Waals surface area contributed by atoms with E-state index in [2.05, 4.69) is 4.98 Å². The van der Waals surface area contributed by atoms with Gasteiger partial charge in [0.05, 0.1) is 42.3 Å². The normalized spacial score (nSPS) is 36.1. The van der Waals surface area contributed by atoms with Gasteiger partial charge in [-0.25, -0.2) is 9.37 Å². The number of rotatable bonds is 4. The molecule has 0 aliphatic carbocycles. The van der Waals surface area contributed by atoms with Crippen LogP contribution < -0.4 is 5.73 Å². The molecular weight excluding hydrogens is 483 g/mol. The van der Waals surface area contributed by atoms with Gasteiger partial charge in [0.2, 0.25) is 5.89 Å². The van der Waals surface area contributed by atoms with E-state index >= 15 is 4.39 Å². The van der Waals surface area contributed by atoms with Crippen molar-refractivity contribution in [2.75, 3.05) is 0 Å². The number of hydrogen-bond donors (Lipinski definition) is 3. The van der Waals surface area contributed by atoms with E-state index in [-0.39, 0.29) is 42.4 Å². The lowest BCUT2D eigenvalue weighted by molar-refractivity contribution is -0.155. The summed E-state index contributed by atoms with van der Waals surface area (Å²) in [6, 6.07) is 0. The van der Waals surface area contributed by atoms with Gasteiger partial charge in [-0.1, -0.05) is 34.1 Å². The number of epoxide rings is 1. The van der Waals surface area contributed by atoms with Crippen molar-refractivity contribution in [2.24, 2.45) is 23.0 Å². The number of hydrogen-bond acceptors (Lipinski definition) is 9. The van der Waals surface area contributed by atoms with Crippen molar-refractivity contribution in [2.45, 2.75) is 110 Å². The molecular formula is C27H41FN2O7. The lowest BCUT2D eigenvalue weighted by atomic mass is 9.71. The second-order valence-electron chi connectivity index (χ2n) is 11.2. The summed E-state index contributed by atoms with van der Waals surface area (Å²) in [6.07, 6.45) is 0.622. The fourth-order valence-electron chi connectivity index (χ4n) is 5.13. The summed E-state index contributed by atoms with van der Waals surface area (Å²) in [5, 5.41) is 21.8. The van der Waals surface area contributed by atoms with E-state index in [1.807, 2.05) is 20.8 Å². The standard InChI is InChI=1S/C27H41FN2O7/c1-6-17-24(33)15(2)8-7-9-27(5)21(37-27)11-19(18(28)10-16-14-35-22(13-29)30-16)36-23(32)12-20(31)26(3,4)25(17)34/h10,14-15,17,19-21,24,31,33H,6-9,11-13,29H2,1-5H3/t15-,17+,19-,20-,21-,24-,27+/m0/s1. The molecule has 4 N–H and O–H groups in total. The average molecular weight is 525 g/mol. The zero-order chi connectivity index (χ0) is 27.5. The van der Waals surface area contributed by atoms with Gasteiger partial charge in [-0.05, 0) is 32.1 Å². The quantitative estimate of drug-likeness (QED) is 0.398. The van der Waals surface area contributed by atoms with Gasteiger partial charge in [-0.15, -0.1) is 0 Å². The second-order valence-corrected chi connectivity index (χ2v) is 11.2. The summed E-state index contributed by atoms with van der Waals surface area (Å²) in [6.45, 7) is 8.83. The fraction of sp³-hybridized carbons (Fsp3) is 0.741. The number of esters is 1. The van der Waals surface area contributed by atoms with Crippen LogP contribution in [0.15, 0.2) is 16.5 Å². The van der Waals surface area contributed by atoms with E-state index in [9.17, 15) is 19.8 Å². The number of nitrogens with two attached hydrogens (primary N) is 1. The second kappa shape index (κ2) is 11.7. The summed E-state index contributed by atoms with van der Waals surface area (Å²) >= 11 is 0. The molecule has 2 aliphatic rings. The number of aromatic nitrogens is 1. The molecule has 1 aromatic rings. The van der Waals surface area contributed by atoms with E-state index < -0.39 is 53.5 Å². The third-order valence-electron chi connectivity index (χ3n) is 8.01. The number of aliphatic hydroxyl groups is 2. The van der Waals surface area contributed by atoms with E-state index in [4.69, 9.17) is 19.6 Å². The molecule has 208 valence electrons. The molecule has 0 amide bonds. The summed E-state index contributed by atoms with van der Waals surface area (Å²) in [7, 11) is 0. The maximum atomic E-state index is 15.3. The van der Waals surface area contributed by atoms with Gasteiger partial charge < -0.3 is 29.8 Å². The first-order chi connectivity index (χ1) is 17.3. The molecule has 0 saturated carbocycles. The molecule has 9 nitrogen and oxygen atoms in total. The van der Waals surface area contributed by atoms with Gasteiger partial charge in [0.1, 0.15) is 23.6 Å². The molecule has 37 heavy (non-hydrogen) atoms. The zero-order valence-corrected chi connectivity index (χ0v) is 22.4. The van der Waals surface area contributed by atoms with Crippen LogP contribution in [0.3, 0.4) is 0 Å². The number of oxazole rings is 1. The Hall–Kier alpha value is -2.14. The summed E-state index contributed by atoms with van der Waals surface area (Å²) in [5.41, 5.74) is 3.87. The summed E-state index contributed by atoms with van der Waals surface area (Å²) < 4.78 is 31.9. The number of Topliss-reactive ketones (excluding diaryl/α,β-unsaturated/α-hetero) is 1. The maximum Gasteiger partial charge on any atom is 0.309 e. The largest absolute Gasteiger partial charge is 0.455 e. The average Bonchev–Trinajstić information content (AvgIpc) is 3.24. The van der Waals surface area contributed by atoms with E-state index in [0.29, 0.717) is 19.3 Å². The van der Waals surface area contributed by atoms with Crippen molar-refractivity contribution in [3.05, 3.63) is 23.7 Å². The van der Waals surface area contributed by atoms with E-state index in [0.717, 1.165) is 12.5 Å². The summed E-state index contributed by atoms with van der Waals surface area (Å²) in [5.74, 6) is -2.49. The molecule has 0 aromatic carbocycles. The molecule has 2 fully saturated rings. The molecule has 0 radical (unpaired) electrons. The van der Waals surface area contributed by atoms with Crippen molar-refractivity contribution in [3.8, 4) is 0 Å². The lowest BCUT2D eigenvalue weighted by Crippen LogP contribution is -2.46. The smallest absolute Gasteiger partial charge is 0.309 e. The predicted molar refractivity (Wildman–Crippen MR) is 133 cm³/mol. The summed E-state index contributed by atoms with van der Waals surface area (Å²) in [4.78, 5) is 30.3. The minimum Gasteiger partial charge on any atom is -0.455 e. The molecule has 0 unspecified atom stereocenters. The van der Waals surface area contributed by atoms with Crippen LogP contribution in [0, 0.1) is 17.3 Å². The number of halogens is 1. The Morgan fingerprint density at radius 2 is 2.00 bits per heavy atom. The number of ketones is 1. The Labute approximate surface area is 217 Å². The molecule has 2 aliphatic heterocycles. The Kier molecular flexibility index (Phi) is 9.32. The first-order valence-corrected chi connectivity index (χ1v) is 13.1. The number of fused-ring (bicyclic) bond motifs is 1. The van der Waals surface area contributed by atoms with Crippen LogP contribution in [0.25, 0.3) is 6.08 Å². The van der Waals surface area contributed by atoms with Crippen LogP contribution in [-0.4, -0.2) is 57.0 Å². The number of aliphatic hydroxyl groups excluding tert-OH is 2. The van der Waals surface area contributed by atoms with E-state index in [1.165, 1.54) is 6.26 Å². The highest BCUT2D eigenvalue weighted by Crippen LogP contribution is 2.45. The fourth-order valence-corrected chi connectivity index (χ4v) is 5.13. The third-order valence-corrected chi connectivity index (χ3v) is 8.01. The highest BCUT2D eigenvalue weighted by molar-refractivity contribution is 5.88. The molecule has 0 spiro atoms.